The van der Waals surface area contributed by atoms with E-state index in [-0.39, 0.29) is 18.3 Å². The Morgan fingerprint density at radius 2 is 2.00 bits per heavy atom. The van der Waals surface area contributed by atoms with Gasteiger partial charge in [0.15, 0.2) is 9.84 Å². The van der Waals surface area contributed by atoms with Crippen LogP contribution in [0.1, 0.15) is 18.4 Å². The molecule has 0 unspecified atom stereocenters. The fourth-order valence-electron chi connectivity index (χ4n) is 2.83. The average Bonchev–Trinajstić information content (AvgIpc) is 3.10. The monoisotopic (exact) mass is 313 g/mol. The summed E-state index contributed by atoms with van der Waals surface area (Å²) < 4.78 is 29.6. The number of nitriles is 1. The third-order valence-electron chi connectivity index (χ3n) is 3.87. The van der Waals surface area contributed by atoms with E-state index in [1.165, 1.54) is 7.11 Å². The van der Waals surface area contributed by atoms with Gasteiger partial charge in [-0.15, -0.1) is 0 Å². The minimum absolute atomic E-state index is 0.0227. The minimum atomic E-state index is -3.31. The van der Waals surface area contributed by atoms with Crippen molar-refractivity contribution in [2.75, 3.05) is 19.5 Å². The fraction of sp³-hybridized carbons (Fsp3) is 0.500. The maximum Gasteiger partial charge on any atom is 0.155 e. The van der Waals surface area contributed by atoms with Gasteiger partial charge in [-0.3, -0.25) is 0 Å². The minimum Gasteiger partial charge on any atom is -0.383 e. The van der Waals surface area contributed by atoms with Crippen molar-refractivity contribution in [1.82, 2.24) is 0 Å². The zero-order valence-electron chi connectivity index (χ0n) is 11.3. The van der Waals surface area contributed by atoms with E-state index < -0.39 is 20.5 Å². The summed E-state index contributed by atoms with van der Waals surface area (Å²) in [5.41, 5.74) is -0.174. The summed E-state index contributed by atoms with van der Waals surface area (Å²) in [6.45, 7) is 1.71. The van der Waals surface area contributed by atoms with Crippen molar-refractivity contribution in [1.29, 1.82) is 5.26 Å². The average molecular weight is 314 g/mol. The normalized spacial score (nSPS) is 28.9. The molecular formula is C14H16ClNO3S. The zero-order valence-corrected chi connectivity index (χ0v) is 12.9. The van der Waals surface area contributed by atoms with Gasteiger partial charge in [-0.2, -0.15) is 5.26 Å². The third-order valence-corrected chi connectivity index (χ3v) is 6.39. The third kappa shape index (κ3) is 2.32. The van der Waals surface area contributed by atoms with Crippen molar-refractivity contribution in [3.8, 4) is 6.07 Å². The summed E-state index contributed by atoms with van der Waals surface area (Å²) >= 11 is 5.85. The van der Waals surface area contributed by atoms with Gasteiger partial charge in [0.05, 0.1) is 17.9 Å². The molecule has 108 valence electrons. The molecule has 1 aliphatic rings. The molecule has 3 atom stereocenters. The second kappa shape index (κ2) is 5.36. The quantitative estimate of drug-likeness (QED) is 0.837. The summed E-state index contributed by atoms with van der Waals surface area (Å²) in [6.07, 6.45) is 0. The van der Waals surface area contributed by atoms with E-state index in [9.17, 15) is 13.7 Å². The molecule has 0 bridgehead atoms. The van der Waals surface area contributed by atoms with E-state index in [1.54, 1.807) is 31.2 Å². The first-order valence-corrected chi connectivity index (χ1v) is 8.39. The highest BCUT2D eigenvalue weighted by molar-refractivity contribution is 7.92. The van der Waals surface area contributed by atoms with Crippen LogP contribution in [0.3, 0.4) is 0 Å². The van der Waals surface area contributed by atoms with Gasteiger partial charge in [-0.05, 0) is 17.7 Å². The maximum absolute atomic E-state index is 12.2. The van der Waals surface area contributed by atoms with Crippen molar-refractivity contribution in [3.05, 3.63) is 34.9 Å². The Balaban J connectivity index is 2.45. The number of sulfone groups is 1. The fourth-order valence-corrected chi connectivity index (χ4v) is 4.96. The van der Waals surface area contributed by atoms with Crippen LogP contribution >= 0.6 is 11.6 Å². The molecule has 0 aromatic heterocycles. The lowest BCUT2D eigenvalue weighted by atomic mass is 10.0. The lowest BCUT2D eigenvalue weighted by Crippen LogP contribution is -2.20. The lowest BCUT2D eigenvalue weighted by Gasteiger charge is -2.07. The van der Waals surface area contributed by atoms with E-state index in [0.29, 0.717) is 5.02 Å². The SMILES string of the molecule is CCS(=O)(=O)[C@@H]1[C@H](c2ccc(Cl)cc2)[C@]1(C#N)COC. The molecule has 0 aliphatic heterocycles. The lowest BCUT2D eigenvalue weighted by molar-refractivity contribution is 0.162. The molecule has 1 aromatic rings. The van der Waals surface area contributed by atoms with Crippen LogP contribution in [0.15, 0.2) is 24.3 Å². The van der Waals surface area contributed by atoms with Crippen molar-refractivity contribution < 1.29 is 13.2 Å². The smallest absolute Gasteiger partial charge is 0.155 e. The number of methoxy groups -OCH3 is 1. The van der Waals surface area contributed by atoms with Crippen LogP contribution in [-0.2, 0) is 14.6 Å². The first-order valence-electron chi connectivity index (χ1n) is 6.30. The van der Waals surface area contributed by atoms with Crippen molar-refractivity contribution in [2.24, 2.45) is 5.41 Å². The highest BCUT2D eigenvalue weighted by Gasteiger charge is 2.71. The van der Waals surface area contributed by atoms with E-state index >= 15 is 0 Å². The van der Waals surface area contributed by atoms with Gasteiger partial charge in [-0.25, -0.2) is 8.42 Å². The van der Waals surface area contributed by atoms with Gasteiger partial charge in [0.1, 0.15) is 5.41 Å². The Kier molecular flexibility index (Phi) is 4.10. The second-order valence-electron chi connectivity index (χ2n) is 4.99. The van der Waals surface area contributed by atoms with Gasteiger partial charge in [-0.1, -0.05) is 30.7 Å². The molecule has 1 fully saturated rings. The van der Waals surface area contributed by atoms with Gasteiger partial charge >= 0.3 is 0 Å². The van der Waals surface area contributed by atoms with Gasteiger partial charge < -0.3 is 4.74 Å². The highest BCUT2D eigenvalue weighted by Crippen LogP contribution is 2.62. The van der Waals surface area contributed by atoms with Crippen molar-refractivity contribution in [2.45, 2.75) is 18.1 Å². The number of hydrogen-bond acceptors (Lipinski definition) is 4. The predicted molar refractivity (Wildman–Crippen MR) is 77.4 cm³/mol. The molecule has 0 N–H and O–H groups in total. The number of hydrogen-bond donors (Lipinski definition) is 0. The molecule has 1 saturated carbocycles. The van der Waals surface area contributed by atoms with Crippen LogP contribution < -0.4 is 0 Å². The number of halogens is 1. The standard InChI is InChI=1S/C14H16ClNO3S/c1-3-20(17,18)13-12(14(13,8-16)9-19-2)10-4-6-11(15)7-5-10/h4-7,12-13H,3,9H2,1-2H3/t12-,13+,14-/m0/s1. The van der Waals surface area contributed by atoms with Crippen LogP contribution in [-0.4, -0.2) is 33.1 Å². The van der Waals surface area contributed by atoms with E-state index in [2.05, 4.69) is 6.07 Å². The molecule has 0 spiro atoms. The van der Waals surface area contributed by atoms with Crippen LogP contribution in [0.5, 0.6) is 0 Å². The van der Waals surface area contributed by atoms with Crippen LogP contribution in [0.25, 0.3) is 0 Å². The van der Waals surface area contributed by atoms with Crippen LogP contribution in [0, 0.1) is 16.7 Å². The van der Waals surface area contributed by atoms with E-state index in [1.807, 2.05) is 0 Å². The number of ether oxygens (including phenoxy) is 1. The van der Waals surface area contributed by atoms with E-state index in [0.717, 1.165) is 5.56 Å². The predicted octanol–water partition coefficient (Wildman–Crippen LogP) is 2.40. The van der Waals surface area contributed by atoms with Crippen LogP contribution in [0.4, 0.5) is 0 Å². The molecule has 2 rings (SSSR count). The molecule has 0 radical (unpaired) electrons. The molecule has 6 heteroatoms. The molecule has 4 nitrogen and oxygen atoms in total. The number of benzene rings is 1. The largest absolute Gasteiger partial charge is 0.383 e. The van der Waals surface area contributed by atoms with E-state index in [4.69, 9.17) is 16.3 Å². The Labute approximate surface area is 124 Å². The molecule has 1 aliphatic carbocycles. The van der Waals surface area contributed by atoms with Gasteiger partial charge in [0.25, 0.3) is 0 Å². The Hall–Kier alpha value is -1.09. The molecule has 0 amide bonds. The maximum atomic E-state index is 12.2. The van der Waals surface area contributed by atoms with Gasteiger partial charge in [0.2, 0.25) is 0 Å². The first-order chi connectivity index (χ1) is 9.43. The molecular weight excluding hydrogens is 298 g/mol. The molecule has 1 aromatic carbocycles. The first kappa shape index (κ1) is 15.3. The van der Waals surface area contributed by atoms with Crippen molar-refractivity contribution >= 4 is 21.4 Å². The number of rotatable bonds is 5. The van der Waals surface area contributed by atoms with Crippen LogP contribution in [0.2, 0.25) is 5.02 Å². The van der Waals surface area contributed by atoms with Gasteiger partial charge in [0, 0.05) is 23.8 Å². The Morgan fingerprint density at radius 3 is 2.45 bits per heavy atom. The molecule has 0 heterocycles. The summed E-state index contributed by atoms with van der Waals surface area (Å²) in [6, 6.07) is 9.14. The summed E-state index contributed by atoms with van der Waals surface area (Å²) in [4.78, 5) is 0. The molecule has 20 heavy (non-hydrogen) atoms. The van der Waals surface area contributed by atoms with Crippen molar-refractivity contribution in [3.63, 3.8) is 0 Å². The molecule has 0 saturated heterocycles. The topological polar surface area (TPSA) is 67.2 Å². The number of nitrogens with zero attached hydrogens (tertiary/aromatic N) is 1. The highest BCUT2D eigenvalue weighted by atomic mass is 35.5. The summed E-state index contributed by atoms with van der Waals surface area (Å²) in [5, 5.41) is 9.36. The second-order valence-corrected chi connectivity index (χ2v) is 7.83. The Morgan fingerprint density at radius 1 is 1.40 bits per heavy atom. The Bertz CT molecular complexity index is 635. The summed E-state index contributed by atoms with van der Waals surface area (Å²) in [7, 11) is -1.83. The summed E-state index contributed by atoms with van der Waals surface area (Å²) in [5.74, 6) is -0.329. The zero-order chi connectivity index (χ0) is 15.0.